The topological polar surface area (TPSA) is 35.2 Å². The van der Waals surface area contributed by atoms with Crippen LogP contribution in [0.5, 0.6) is 5.75 Å². The van der Waals surface area contributed by atoms with Gasteiger partial charge in [0, 0.05) is 22.5 Å². The molecule has 0 aromatic heterocycles. The van der Waals surface area contributed by atoms with Crippen molar-refractivity contribution in [3.05, 3.63) is 63.1 Å². The second kappa shape index (κ2) is 5.23. The van der Waals surface area contributed by atoms with Crippen molar-refractivity contribution in [1.29, 1.82) is 0 Å². The summed E-state index contributed by atoms with van der Waals surface area (Å²) in [4.78, 5) is 0. The summed E-state index contributed by atoms with van der Waals surface area (Å²) in [6, 6.07) is 12.4. The Morgan fingerprint density at radius 1 is 1.15 bits per heavy atom. The van der Waals surface area contributed by atoms with Crippen LogP contribution in [0.2, 0.25) is 0 Å². The molecule has 104 valence electrons. The molecule has 3 rings (SSSR count). The number of aryl methyl sites for hydroxylation is 1. The van der Waals surface area contributed by atoms with Crippen LogP contribution in [0.4, 0.5) is 0 Å². The molecule has 2 unspecified atom stereocenters. The molecule has 0 saturated carbocycles. The Labute approximate surface area is 128 Å². The summed E-state index contributed by atoms with van der Waals surface area (Å²) in [6.45, 7) is 4.28. The van der Waals surface area contributed by atoms with E-state index in [1.54, 1.807) is 0 Å². The second-order valence-electron chi connectivity index (χ2n) is 5.42. The maximum absolute atomic E-state index is 6.32. The fraction of sp³-hybridized carbons (Fsp3) is 0.294. The van der Waals surface area contributed by atoms with Crippen LogP contribution in [0.1, 0.15) is 40.8 Å². The summed E-state index contributed by atoms with van der Waals surface area (Å²) < 4.78 is 7.21. The van der Waals surface area contributed by atoms with E-state index in [9.17, 15) is 0 Å². The first-order valence-corrected chi connectivity index (χ1v) is 7.63. The highest BCUT2D eigenvalue weighted by molar-refractivity contribution is 9.10. The average Bonchev–Trinajstić information content (AvgIpc) is 2.41. The molecule has 1 aliphatic heterocycles. The summed E-state index contributed by atoms with van der Waals surface area (Å²) >= 11 is 3.49. The Hall–Kier alpha value is -1.32. The lowest BCUT2D eigenvalue weighted by molar-refractivity contribution is 0.160. The standard InChI is InChI=1S/C17H18BrNO/c1-10-4-3-5-13(11(10)2)17-9-15(19)14-7-6-12(18)8-16(14)20-17/h3-8,15,17H,9,19H2,1-2H3. The fourth-order valence-corrected chi connectivity index (χ4v) is 3.13. The average molecular weight is 332 g/mol. The highest BCUT2D eigenvalue weighted by Gasteiger charge is 2.28. The van der Waals surface area contributed by atoms with Gasteiger partial charge in [-0.3, -0.25) is 0 Å². The molecule has 2 nitrogen and oxygen atoms in total. The fourth-order valence-electron chi connectivity index (χ4n) is 2.79. The summed E-state index contributed by atoms with van der Waals surface area (Å²) in [7, 11) is 0. The SMILES string of the molecule is Cc1cccc(C2CC(N)c3ccc(Br)cc3O2)c1C. The van der Waals surface area contributed by atoms with E-state index < -0.39 is 0 Å². The number of hydrogen-bond donors (Lipinski definition) is 1. The van der Waals surface area contributed by atoms with Gasteiger partial charge >= 0.3 is 0 Å². The molecule has 1 aliphatic rings. The van der Waals surface area contributed by atoms with Crippen molar-refractivity contribution in [2.24, 2.45) is 5.73 Å². The van der Waals surface area contributed by atoms with Crippen molar-refractivity contribution in [2.75, 3.05) is 0 Å². The van der Waals surface area contributed by atoms with Crippen LogP contribution < -0.4 is 10.5 Å². The summed E-state index contributed by atoms with van der Waals surface area (Å²) in [5.74, 6) is 0.893. The Morgan fingerprint density at radius 2 is 1.95 bits per heavy atom. The van der Waals surface area contributed by atoms with Crippen molar-refractivity contribution in [3.63, 3.8) is 0 Å². The number of ether oxygens (including phenoxy) is 1. The largest absolute Gasteiger partial charge is 0.485 e. The number of nitrogens with two attached hydrogens (primary N) is 1. The highest BCUT2D eigenvalue weighted by atomic mass is 79.9. The summed E-state index contributed by atoms with van der Waals surface area (Å²) in [5.41, 5.74) is 11.2. The molecule has 1 heterocycles. The van der Waals surface area contributed by atoms with Crippen molar-refractivity contribution >= 4 is 15.9 Å². The highest BCUT2D eigenvalue weighted by Crippen LogP contribution is 2.41. The van der Waals surface area contributed by atoms with Crippen molar-refractivity contribution in [3.8, 4) is 5.75 Å². The molecular weight excluding hydrogens is 314 g/mol. The van der Waals surface area contributed by atoms with Gasteiger partial charge in [-0.2, -0.15) is 0 Å². The van der Waals surface area contributed by atoms with Gasteiger partial charge in [-0.15, -0.1) is 0 Å². The van der Waals surface area contributed by atoms with E-state index in [4.69, 9.17) is 10.5 Å². The van der Waals surface area contributed by atoms with E-state index in [0.717, 1.165) is 22.2 Å². The number of halogens is 1. The molecule has 2 N–H and O–H groups in total. The smallest absolute Gasteiger partial charge is 0.126 e. The summed E-state index contributed by atoms with van der Waals surface area (Å²) in [5, 5.41) is 0. The zero-order valence-corrected chi connectivity index (χ0v) is 13.3. The minimum atomic E-state index is 0.0248. The molecule has 0 spiro atoms. The zero-order valence-electron chi connectivity index (χ0n) is 11.7. The van der Waals surface area contributed by atoms with Crippen LogP contribution in [0, 0.1) is 13.8 Å². The van der Waals surface area contributed by atoms with Gasteiger partial charge in [-0.1, -0.05) is 40.2 Å². The van der Waals surface area contributed by atoms with Crippen LogP contribution in [-0.4, -0.2) is 0 Å². The Kier molecular flexibility index (Phi) is 3.57. The molecule has 3 heteroatoms. The van der Waals surface area contributed by atoms with Crippen molar-refractivity contribution in [2.45, 2.75) is 32.4 Å². The van der Waals surface area contributed by atoms with E-state index in [2.05, 4.69) is 48.0 Å². The third kappa shape index (κ3) is 2.36. The van der Waals surface area contributed by atoms with Gasteiger partial charge < -0.3 is 10.5 Å². The monoisotopic (exact) mass is 331 g/mol. The van der Waals surface area contributed by atoms with Crippen LogP contribution in [0.25, 0.3) is 0 Å². The van der Waals surface area contributed by atoms with Crippen molar-refractivity contribution in [1.82, 2.24) is 0 Å². The predicted molar refractivity (Wildman–Crippen MR) is 85.0 cm³/mol. The first-order valence-electron chi connectivity index (χ1n) is 6.84. The molecule has 20 heavy (non-hydrogen) atoms. The minimum absolute atomic E-state index is 0.0248. The lowest BCUT2D eigenvalue weighted by Gasteiger charge is -2.31. The van der Waals surface area contributed by atoms with Crippen LogP contribution >= 0.6 is 15.9 Å². The first kappa shape index (κ1) is 13.7. The van der Waals surface area contributed by atoms with Crippen LogP contribution in [0.15, 0.2) is 40.9 Å². The van der Waals surface area contributed by atoms with E-state index in [1.807, 2.05) is 18.2 Å². The number of fused-ring (bicyclic) bond motifs is 1. The van der Waals surface area contributed by atoms with E-state index in [1.165, 1.54) is 16.7 Å². The normalized spacial score (nSPS) is 21.2. The third-order valence-electron chi connectivity index (χ3n) is 4.11. The van der Waals surface area contributed by atoms with Crippen LogP contribution in [0.3, 0.4) is 0 Å². The Morgan fingerprint density at radius 3 is 2.75 bits per heavy atom. The molecule has 0 saturated heterocycles. The van der Waals surface area contributed by atoms with Gasteiger partial charge in [0.05, 0.1) is 0 Å². The van der Waals surface area contributed by atoms with E-state index in [-0.39, 0.29) is 12.1 Å². The second-order valence-corrected chi connectivity index (χ2v) is 6.34. The molecular formula is C17H18BrNO. The zero-order chi connectivity index (χ0) is 14.3. The lowest BCUT2D eigenvalue weighted by Crippen LogP contribution is -2.24. The predicted octanol–water partition coefficient (Wildman–Crippen LogP) is 4.59. The minimum Gasteiger partial charge on any atom is -0.485 e. The molecule has 0 aliphatic carbocycles. The van der Waals surface area contributed by atoms with E-state index in [0.29, 0.717) is 0 Å². The van der Waals surface area contributed by atoms with Gasteiger partial charge in [-0.05, 0) is 42.7 Å². The first-order chi connectivity index (χ1) is 9.56. The maximum atomic E-state index is 6.32. The molecule has 2 atom stereocenters. The number of hydrogen-bond acceptors (Lipinski definition) is 2. The molecule has 2 aromatic rings. The summed E-state index contributed by atoms with van der Waals surface area (Å²) in [6.07, 6.45) is 0.852. The Balaban J connectivity index is 2.00. The van der Waals surface area contributed by atoms with E-state index >= 15 is 0 Å². The van der Waals surface area contributed by atoms with Gasteiger partial charge in [0.15, 0.2) is 0 Å². The number of benzene rings is 2. The lowest BCUT2D eigenvalue weighted by atomic mass is 9.90. The quantitative estimate of drug-likeness (QED) is 0.829. The third-order valence-corrected chi connectivity index (χ3v) is 4.60. The van der Waals surface area contributed by atoms with Gasteiger partial charge in [-0.25, -0.2) is 0 Å². The van der Waals surface area contributed by atoms with Gasteiger partial charge in [0.25, 0.3) is 0 Å². The van der Waals surface area contributed by atoms with Gasteiger partial charge in [0.2, 0.25) is 0 Å². The molecule has 0 bridgehead atoms. The molecule has 2 aromatic carbocycles. The van der Waals surface area contributed by atoms with Gasteiger partial charge in [0.1, 0.15) is 11.9 Å². The number of rotatable bonds is 1. The van der Waals surface area contributed by atoms with Crippen molar-refractivity contribution < 1.29 is 4.74 Å². The molecule has 0 fully saturated rings. The molecule has 0 radical (unpaired) electrons. The Bertz CT molecular complexity index is 653. The van der Waals surface area contributed by atoms with Crippen LogP contribution in [-0.2, 0) is 0 Å². The maximum Gasteiger partial charge on any atom is 0.126 e. The molecule has 0 amide bonds.